The van der Waals surface area contributed by atoms with E-state index < -0.39 is 0 Å². The fraction of sp³-hybridized carbons (Fsp3) is 0.440. The molecule has 5 nitrogen and oxygen atoms in total. The summed E-state index contributed by atoms with van der Waals surface area (Å²) in [6.07, 6.45) is 3.36. The summed E-state index contributed by atoms with van der Waals surface area (Å²) in [5.74, 6) is 0.381. The summed E-state index contributed by atoms with van der Waals surface area (Å²) < 4.78 is 0. The number of piperidine rings is 1. The van der Waals surface area contributed by atoms with E-state index in [2.05, 4.69) is 24.5 Å². The summed E-state index contributed by atoms with van der Waals surface area (Å²) in [6, 6.07) is 19.7. The van der Waals surface area contributed by atoms with Crippen molar-refractivity contribution in [1.29, 1.82) is 0 Å². The number of likely N-dealkylation sites (tertiary alicyclic amines) is 1. The molecular weight excluding hydrogens is 374 g/mol. The number of rotatable bonds is 7. The van der Waals surface area contributed by atoms with Crippen LogP contribution in [0.25, 0.3) is 0 Å². The van der Waals surface area contributed by atoms with Crippen molar-refractivity contribution in [1.82, 2.24) is 15.5 Å². The topological polar surface area (TPSA) is 61.4 Å². The summed E-state index contributed by atoms with van der Waals surface area (Å²) in [7, 11) is 0. The van der Waals surface area contributed by atoms with E-state index in [0.29, 0.717) is 13.1 Å². The highest BCUT2D eigenvalue weighted by molar-refractivity contribution is 5.79. The Labute approximate surface area is 179 Å². The number of urea groups is 1. The minimum absolute atomic E-state index is 0.0861. The summed E-state index contributed by atoms with van der Waals surface area (Å²) in [4.78, 5) is 27.3. The van der Waals surface area contributed by atoms with Crippen molar-refractivity contribution in [3.8, 4) is 0 Å². The predicted molar refractivity (Wildman–Crippen MR) is 120 cm³/mol. The number of benzene rings is 2. The van der Waals surface area contributed by atoms with Crippen LogP contribution in [-0.4, -0.2) is 36.0 Å². The molecule has 0 spiro atoms. The zero-order valence-corrected chi connectivity index (χ0v) is 18.0. The number of hydrogen-bond donors (Lipinski definition) is 2. The van der Waals surface area contributed by atoms with E-state index in [-0.39, 0.29) is 29.9 Å². The molecule has 3 amide bonds. The lowest BCUT2D eigenvalue weighted by atomic mass is 9.98. The highest BCUT2D eigenvalue weighted by atomic mass is 16.2. The van der Waals surface area contributed by atoms with Crippen molar-refractivity contribution in [3.63, 3.8) is 0 Å². The minimum atomic E-state index is -0.205. The lowest BCUT2D eigenvalue weighted by Crippen LogP contribution is -2.50. The molecule has 0 radical (unpaired) electrons. The van der Waals surface area contributed by atoms with E-state index in [1.54, 1.807) is 0 Å². The van der Waals surface area contributed by atoms with Gasteiger partial charge in [0.25, 0.3) is 0 Å². The molecule has 0 atom stereocenters. The zero-order valence-electron chi connectivity index (χ0n) is 18.0. The van der Waals surface area contributed by atoms with Crippen molar-refractivity contribution in [2.45, 2.75) is 51.6 Å². The van der Waals surface area contributed by atoms with Crippen molar-refractivity contribution in [2.75, 3.05) is 13.1 Å². The molecule has 0 aromatic heterocycles. The molecule has 1 fully saturated rings. The fourth-order valence-electron chi connectivity index (χ4n) is 4.15. The van der Waals surface area contributed by atoms with Crippen molar-refractivity contribution in [2.24, 2.45) is 5.92 Å². The number of carbonyl (C=O) groups excluding carboxylic acids is 2. The Kier molecular flexibility index (Phi) is 7.89. The molecule has 0 bridgehead atoms. The zero-order chi connectivity index (χ0) is 21.3. The molecule has 1 aliphatic heterocycles. The van der Waals surface area contributed by atoms with Gasteiger partial charge in [-0.1, -0.05) is 74.5 Å². The Morgan fingerprint density at radius 3 is 1.87 bits per heavy atom. The third-order valence-corrected chi connectivity index (χ3v) is 6.02. The molecule has 0 aliphatic carbocycles. The summed E-state index contributed by atoms with van der Waals surface area (Å²) in [5, 5.41) is 6.25. The van der Waals surface area contributed by atoms with Crippen LogP contribution in [0.4, 0.5) is 4.79 Å². The Bertz CT molecular complexity index is 758. The summed E-state index contributed by atoms with van der Waals surface area (Å²) in [5.41, 5.74) is 2.09. The Morgan fingerprint density at radius 1 is 0.900 bits per heavy atom. The van der Waals surface area contributed by atoms with Crippen LogP contribution in [0.15, 0.2) is 60.7 Å². The second-order valence-electron chi connectivity index (χ2n) is 7.99. The van der Waals surface area contributed by atoms with Gasteiger partial charge in [0.2, 0.25) is 5.91 Å². The molecular formula is C25H33N3O2. The van der Waals surface area contributed by atoms with Gasteiger partial charge in [-0.15, -0.1) is 0 Å². The first-order valence-electron chi connectivity index (χ1n) is 11.1. The average molecular weight is 408 g/mol. The molecule has 2 N–H and O–H groups in total. The molecule has 3 rings (SSSR count). The Hall–Kier alpha value is -2.82. The van der Waals surface area contributed by atoms with Gasteiger partial charge in [0.15, 0.2) is 0 Å². The number of hydrogen-bond acceptors (Lipinski definition) is 2. The standard InChI is InChI=1S/C25H33N3O2/c1-3-19(4-2)24(29)28-17-15-22(16-18-28)26-25(30)27-23(20-11-7-5-8-12-20)21-13-9-6-10-14-21/h5-14,19,22-23H,3-4,15-18H2,1-2H3,(H2,26,27,30). The van der Waals surface area contributed by atoms with Gasteiger partial charge in [0.1, 0.15) is 0 Å². The summed E-state index contributed by atoms with van der Waals surface area (Å²) in [6.45, 7) is 5.56. The van der Waals surface area contributed by atoms with Gasteiger partial charge in [-0.05, 0) is 36.8 Å². The van der Waals surface area contributed by atoms with E-state index >= 15 is 0 Å². The van der Waals surface area contributed by atoms with Crippen molar-refractivity contribution >= 4 is 11.9 Å². The molecule has 1 heterocycles. The van der Waals surface area contributed by atoms with Gasteiger partial charge in [-0.3, -0.25) is 4.79 Å². The van der Waals surface area contributed by atoms with Crippen molar-refractivity contribution < 1.29 is 9.59 Å². The number of carbonyl (C=O) groups is 2. The Morgan fingerprint density at radius 2 is 1.40 bits per heavy atom. The number of amides is 3. The molecule has 30 heavy (non-hydrogen) atoms. The molecule has 160 valence electrons. The van der Waals surface area contributed by atoms with E-state index in [0.717, 1.165) is 36.8 Å². The maximum atomic E-state index is 12.8. The van der Waals surface area contributed by atoms with Gasteiger partial charge < -0.3 is 15.5 Å². The van der Waals surface area contributed by atoms with Crippen LogP contribution in [0.3, 0.4) is 0 Å². The third kappa shape index (κ3) is 5.62. The number of nitrogens with one attached hydrogen (secondary N) is 2. The van der Waals surface area contributed by atoms with Gasteiger partial charge in [0.05, 0.1) is 6.04 Å². The quantitative estimate of drug-likeness (QED) is 0.710. The minimum Gasteiger partial charge on any atom is -0.342 e. The monoisotopic (exact) mass is 407 g/mol. The van der Waals surface area contributed by atoms with Crippen LogP contribution >= 0.6 is 0 Å². The van der Waals surface area contributed by atoms with Crippen molar-refractivity contribution in [3.05, 3.63) is 71.8 Å². The predicted octanol–water partition coefficient (Wildman–Crippen LogP) is 4.50. The van der Waals surface area contributed by atoms with Gasteiger partial charge in [0, 0.05) is 25.0 Å². The maximum absolute atomic E-state index is 12.8. The Balaban J connectivity index is 1.57. The van der Waals surface area contributed by atoms with Crippen LogP contribution in [0.1, 0.15) is 56.7 Å². The lowest BCUT2D eigenvalue weighted by Gasteiger charge is -2.34. The third-order valence-electron chi connectivity index (χ3n) is 6.02. The average Bonchev–Trinajstić information content (AvgIpc) is 2.80. The van der Waals surface area contributed by atoms with Crippen LogP contribution < -0.4 is 10.6 Å². The first-order chi connectivity index (χ1) is 14.6. The van der Waals surface area contributed by atoms with Crippen LogP contribution in [0.2, 0.25) is 0 Å². The normalized spacial score (nSPS) is 14.7. The van der Waals surface area contributed by atoms with Crippen LogP contribution in [-0.2, 0) is 4.79 Å². The lowest BCUT2D eigenvalue weighted by molar-refractivity contribution is -0.136. The van der Waals surface area contributed by atoms with E-state index in [1.807, 2.05) is 65.6 Å². The van der Waals surface area contributed by atoms with Gasteiger partial charge in [-0.2, -0.15) is 0 Å². The number of nitrogens with zero attached hydrogens (tertiary/aromatic N) is 1. The second-order valence-corrected chi connectivity index (χ2v) is 7.99. The summed E-state index contributed by atoms with van der Waals surface area (Å²) >= 11 is 0. The molecule has 2 aromatic rings. The van der Waals surface area contributed by atoms with E-state index in [9.17, 15) is 9.59 Å². The highest BCUT2D eigenvalue weighted by Gasteiger charge is 2.27. The van der Waals surface area contributed by atoms with Gasteiger partial charge in [-0.25, -0.2) is 4.79 Å². The first-order valence-corrected chi connectivity index (χ1v) is 11.1. The first kappa shape index (κ1) is 21.9. The SMILES string of the molecule is CCC(CC)C(=O)N1CCC(NC(=O)NC(c2ccccc2)c2ccccc2)CC1. The molecule has 2 aromatic carbocycles. The fourth-order valence-corrected chi connectivity index (χ4v) is 4.15. The maximum Gasteiger partial charge on any atom is 0.315 e. The molecule has 0 unspecified atom stereocenters. The van der Waals surface area contributed by atoms with Crippen LogP contribution in [0, 0.1) is 5.92 Å². The van der Waals surface area contributed by atoms with E-state index in [4.69, 9.17) is 0 Å². The molecule has 1 saturated heterocycles. The molecule has 0 saturated carbocycles. The molecule has 1 aliphatic rings. The largest absolute Gasteiger partial charge is 0.342 e. The highest BCUT2D eigenvalue weighted by Crippen LogP contribution is 2.22. The smallest absolute Gasteiger partial charge is 0.315 e. The van der Waals surface area contributed by atoms with E-state index in [1.165, 1.54) is 0 Å². The van der Waals surface area contributed by atoms with Gasteiger partial charge >= 0.3 is 6.03 Å². The van der Waals surface area contributed by atoms with Crippen LogP contribution in [0.5, 0.6) is 0 Å². The second kappa shape index (κ2) is 10.8. The molecule has 5 heteroatoms.